The summed E-state index contributed by atoms with van der Waals surface area (Å²) in [6.45, 7) is 6.61. The van der Waals surface area contributed by atoms with Crippen LogP contribution in [0.4, 0.5) is 0 Å². The number of hydrogen-bond acceptors (Lipinski definition) is 2. The Morgan fingerprint density at radius 1 is 1.00 bits per heavy atom. The largest absolute Gasteiger partial charge is 0.332 e. The molecule has 0 unspecified atom stereocenters. The van der Waals surface area contributed by atoms with E-state index >= 15 is 0 Å². The summed E-state index contributed by atoms with van der Waals surface area (Å²) in [6, 6.07) is 24.1. The van der Waals surface area contributed by atoms with E-state index in [-0.39, 0.29) is 11.8 Å². The number of rotatable bonds is 5. The van der Waals surface area contributed by atoms with Crippen LogP contribution >= 0.6 is 0 Å². The number of carbonyl (C=O) groups excluding carboxylic acids is 1. The molecule has 1 aliphatic rings. The molecule has 0 bridgehead atoms. The summed E-state index contributed by atoms with van der Waals surface area (Å²) < 4.78 is 2.16. The normalized spacial score (nSPS) is 16.8. The van der Waals surface area contributed by atoms with Gasteiger partial charge in [-0.2, -0.15) is 0 Å². The van der Waals surface area contributed by atoms with Crippen molar-refractivity contribution in [3.05, 3.63) is 108 Å². The molecule has 0 saturated heterocycles. The lowest BCUT2D eigenvalue weighted by atomic mass is 10.1. The fourth-order valence-electron chi connectivity index (χ4n) is 3.72. The van der Waals surface area contributed by atoms with Gasteiger partial charge in [-0.1, -0.05) is 66.7 Å². The molecule has 0 saturated carbocycles. The Morgan fingerprint density at radius 3 is 2.38 bits per heavy atom. The smallest absolute Gasteiger partial charge is 0.209 e. The Labute approximate surface area is 154 Å². The van der Waals surface area contributed by atoms with Crippen LogP contribution in [-0.2, 0) is 13.1 Å². The van der Waals surface area contributed by atoms with Gasteiger partial charge in [0, 0.05) is 30.9 Å². The van der Waals surface area contributed by atoms with Gasteiger partial charge in [-0.05, 0) is 17.7 Å². The number of ketones is 1. The molecule has 2 heterocycles. The second-order valence-electron chi connectivity index (χ2n) is 6.73. The molecule has 2 aromatic carbocycles. The van der Waals surface area contributed by atoms with E-state index in [4.69, 9.17) is 0 Å². The van der Waals surface area contributed by atoms with Crippen molar-refractivity contribution < 1.29 is 4.79 Å². The molecular weight excluding hydrogens is 320 g/mol. The third kappa shape index (κ3) is 3.14. The van der Waals surface area contributed by atoms with Crippen LogP contribution in [0, 0.1) is 0 Å². The molecule has 26 heavy (non-hydrogen) atoms. The average Bonchev–Trinajstić information content (AvgIpc) is 3.12. The van der Waals surface area contributed by atoms with Gasteiger partial charge in [-0.3, -0.25) is 9.69 Å². The highest BCUT2D eigenvalue weighted by atomic mass is 16.1. The predicted molar refractivity (Wildman–Crippen MR) is 104 cm³/mol. The molecule has 1 aromatic heterocycles. The van der Waals surface area contributed by atoms with Crippen LogP contribution in [0.2, 0.25) is 0 Å². The van der Waals surface area contributed by atoms with Crippen molar-refractivity contribution in [3.63, 3.8) is 0 Å². The van der Waals surface area contributed by atoms with Gasteiger partial charge >= 0.3 is 0 Å². The number of benzene rings is 2. The van der Waals surface area contributed by atoms with E-state index in [1.807, 2.05) is 48.5 Å². The molecule has 4 rings (SSSR count). The highest BCUT2D eigenvalue weighted by molar-refractivity contribution is 6.08. The molecule has 130 valence electrons. The quantitative estimate of drug-likeness (QED) is 0.505. The molecule has 0 aliphatic carbocycles. The van der Waals surface area contributed by atoms with Gasteiger partial charge in [0.1, 0.15) is 0 Å². The molecular formula is C23H22N2O. The molecule has 0 N–H and O–H groups in total. The van der Waals surface area contributed by atoms with Crippen molar-refractivity contribution >= 4 is 5.78 Å². The number of aromatic nitrogens is 1. The van der Waals surface area contributed by atoms with Crippen molar-refractivity contribution in [1.82, 2.24) is 9.47 Å². The maximum atomic E-state index is 12.9. The Morgan fingerprint density at radius 2 is 1.69 bits per heavy atom. The summed E-state index contributed by atoms with van der Waals surface area (Å²) in [4.78, 5) is 15.4. The Bertz CT molecular complexity index is 912. The van der Waals surface area contributed by atoms with E-state index in [2.05, 4.69) is 46.4 Å². The number of nitrogens with zero attached hydrogens (tertiary/aromatic N) is 2. The zero-order chi connectivity index (χ0) is 17.9. The van der Waals surface area contributed by atoms with Crippen molar-refractivity contribution in [2.75, 3.05) is 6.54 Å². The monoisotopic (exact) mass is 342 g/mol. The number of carbonyl (C=O) groups is 1. The van der Waals surface area contributed by atoms with Crippen molar-refractivity contribution in [1.29, 1.82) is 0 Å². The van der Waals surface area contributed by atoms with Gasteiger partial charge in [0.05, 0.1) is 11.7 Å². The van der Waals surface area contributed by atoms with Crippen molar-refractivity contribution in [3.8, 4) is 0 Å². The summed E-state index contributed by atoms with van der Waals surface area (Å²) in [5.41, 5.74) is 3.94. The van der Waals surface area contributed by atoms with E-state index in [0.29, 0.717) is 0 Å². The lowest BCUT2D eigenvalue weighted by molar-refractivity contribution is 0.102. The van der Waals surface area contributed by atoms with E-state index in [9.17, 15) is 4.79 Å². The molecule has 3 aromatic rings. The fraction of sp³-hybridized carbons (Fsp3) is 0.174. The zero-order valence-corrected chi connectivity index (χ0v) is 14.7. The molecule has 0 spiro atoms. The molecule has 0 radical (unpaired) electrons. The van der Waals surface area contributed by atoms with Gasteiger partial charge in [-0.25, -0.2) is 0 Å². The summed E-state index contributed by atoms with van der Waals surface area (Å²) in [6.07, 6.45) is 1.95. The maximum absolute atomic E-state index is 12.9. The average molecular weight is 342 g/mol. The summed E-state index contributed by atoms with van der Waals surface area (Å²) in [5, 5.41) is 0. The van der Waals surface area contributed by atoms with Gasteiger partial charge in [-0.15, -0.1) is 6.58 Å². The minimum absolute atomic E-state index is 0.0696. The first-order chi connectivity index (χ1) is 12.8. The van der Waals surface area contributed by atoms with Crippen LogP contribution in [0.3, 0.4) is 0 Å². The van der Waals surface area contributed by atoms with Crippen LogP contribution < -0.4 is 0 Å². The topological polar surface area (TPSA) is 25.2 Å². The van der Waals surface area contributed by atoms with Crippen LogP contribution in [0.15, 0.2) is 85.5 Å². The Hall–Kier alpha value is -2.91. The highest BCUT2D eigenvalue weighted by Gasteiger charge is 2.27. The highest BCUT2D eigenvalue weighted by Crippen LogP contribution is 2.28. The third-order valence-electron chi connectivity index (χ3n) is 4.95. The van der Waals surface area contributed by atoms with Gasteiger partial charge in [0.15, 0.2) is 0 Å². The van der Waals surface area contributed by atoms with E-state index in [0.717, 1.165) is 36.6 Å². The molecule has 1 aliphatic heterocycles. The molecule has 0 amide bonds. The lowest BCUT2D eigenvalue weighted by Crippen LogP contribution is -2.37. The first kappa shape index (κ1) is 16.6. The SMILES string of the molecule is C=C[C@H]1CN(Cc2ccccc2)Cc2ccc(C(=O)c3ccccc3)n21. The summed E-state index contributed by atoms with van der Waals surface area (Å²) in [5.74, 6) is 0.0696. The molecule has 3 heteroatoms. The molecule has 3 nitrogen and oxygen atoms in total. The van der Waals surface area contributed by atoms with Gasteiger partial charge in [0.25, 0.3) is 0 Å². The van der Waals surface area contributed by atoms with E-state index in [1.54, 1.807) is 0 Å². The standard InChI is InChI=1S/C23H22N2O/c1-2-20-16-24(15-18-9-5-3-6-10-18)17-21-13-14-22(25(20)21)23(26)19-11-7-4-8-12-19/h2-14,20H,1,15-17H2/t20-/m0/s1. The van der Waals surface area contributed by atoms with E-state index < -0.39 is 0 Å². The third-order valence-corrected chi connectivity index (χ3v) is 4.95. The van der Waals surface area contributed by atoms with Gasteiger partial charge in [0.2, 0.25) is 5.78 Å². The minimum Gasteiger partial charge on any atom is -0.332 e. The fourth-order valence-corrected chi connectivity index (χ4v) is 3.72. The van der Waals surface area contributed by atoms with Crippen LogP contribution in [0.1, 0.15) is 33.4 Å². The molecule has 1 atom stereocenters. The predicted octanol–water partition coefficient (Wildman–Crippen LogP) is 4.46. The van der Waals surface area contributed by atoms with Crippen molar-refractivity contribution in [2.45, 2.75) is 19.1 Å². The second-order valence-corrected chi connectivity index (χ2v) is 6.73. The van der Waals surface area contributed by atoms with Crippen LogP contribution in [0.25, 0.3) is 0 Å². The van der Waals surface area contributed by atoms with E-state index in [1.165, 1.54) is 5.56 Å². The lowest BCUT2D eigenvalue weighted by Gasteiger charge is -2.34. The number of hydrogen-bond donors (Lipinski definition) is 0. The van der Waals surface area contributed by atoms with Crippen LogP contribution in [-0.4, -0.2) is 21.8 Å². The zero-order valence-electron chi connectivity index (χ0n) is 14.7. The Balaban J connectivity index is 1.62. The number of fused-ring (bicyclic) bond motifs is 1. The second kappa shape index (κ2) is 7.14. The molecule has 0 fully saturated rings. The maximum Gasteiger partial charge on any atom is 0.209 e. The van der Waals surface area contributed by atoms with Crippen LogP contribution in [0.5, 0.6) is 0 Å². The Kier molecular flexibility index (Phi) is 4.55. The minimum atomic E-state index is 0.0696. The van der Waals surface area contributed by atoms with Crippen molar-refractivity contribution in [2.24, 2.45) is 0 Å². The van der Waals surface area contributed by atoms with Gasteiger partial charge < -0.3 is 4.57 Å². The summed E-state index contributed by atoms with van der Waals surface area (Å²) >= 11 is 0. The first-order valence-electron chi connectivity index (χ1n) is 8.95. The first-order valence-corrected chi connectivity index (χ1v) is 8.95. The summed E-state index contributed by atoms with van der Waals surface area (Å²) in [7, 11) is 0.